The first-order valence-electron chi connectivity index (χ1n) is 20.2. The summed E-state index contributed by atoms with van der Waals surface area (Å²) in [5.74, 6) is -4.46. The van der Waals surface area contributed by atoms with Gasteiger partial charge >= 0.3 is 48.4 Å². The molecule has 0 radical (unpaired) electrons. The molecule has 2 saturated carbocycles. The second-order valence-corrected chi connectivity index (χ2v) is 17.7. The minimum Gasteiger partial charge on any atom is -0.396 e. The van der Waals surface area contributed by atoms with E-state index in [1.54, 1.807) is 5.32 Å². The van der Waals surface area contributed by atoms with Gasteiger partial charge in [0.2, 0.25) is 0 Å². The average Bonchev–Trinajstić information content (AvgIpc) is 4.20. The van der Waals surface area contributed by atoms with Crippen molar-refractivity contribution in [2.24, 2.45) is 11.8 Å². The van der Waals surface area contributed by atoms with Gasteiger partial charge in [-0.05, 0) is 118 Å². The minimum absolute atomic E-state index is 0.141. The van der Waals surface area contributed by atoms with Gasteiger partial charge in [0.25, 0.3) is 11.8 Å². The number of rotatable bonds is 11. The number of amides is 2. The van der Waals surface area contributed by atoms with E-state index in [-0.39, 0.29) is 17.8 Å². The molecule has 0 spiro atoms. The van der Waals surface area contributed by atoms with E-state index in [2.05, 4.69) is 37.2 Å². The molecule has 0 bridgehead atoms. The summed E-state index contributed by atoms with van der Waals surface area (Å²) in [6.45, 7) is 0.372. The highest BCUT2D eigenvalue weighted by atomic mass is 79.9. The molecule has 2 fully saturated rings. The van der Waals surface area contributed by atoms with Crippen LogP contribution >= 0.6 is 31.9 Å². The lowest BCUT2D eigenvalue weighted by atomic mass is 9.92. The quantitative estimate of drug-likeness (QED) is 0.0679. The summed E-state index contributed by atoms with van der Waals surface area (Å²) in [4.78, 5) is 34.4. The first-order chi connectivity index (χ1) is 33.6. The van der Waals surface area contributed by atoms with Crippen molar-refractivity contribution < 1.29 is 111 Å². The van der Waals surface area contributed by atoms with E-state index in [9.17, 15) is 111 Å². The van der Waals surface area contributed by atoms with Crippen LogP contribution in [0.3, 0.4) is 0 Å². The number of alkyl halides is 20. The van der Waals surface area contributed by atoms with Gasteiger partial charge < -0.3 is 26.5 Å². The molecule has 74 heavy (non-hydrogen) atoms. The summed E-state index contributed by atoms with van der Waals surface area (Å²) in [7, 11) is 0. The van der Waals surface area contributed by atoms with Gasteiger partial charge in [-0.1, -0.05) is 12.1 Å². The molecule has 2 aliphatic carbocycles. The van der Waals surface area contributed by atoms with Crippen LogP contribution in [0.1, 0.15) is 75.1 Å². The molecule has 4 aromatic carbocycles. The monoisotopic (exact) mass is 1230 g/mol. The number of hydrogen-bond acceptors (Lipinski definition) is 5. The zero-order valence-corrected chi connectivity index (χ0v) is 39.3. The van der Waals surface area contributed by atoms with E-state index < -0.39 is 143 Å². The average molecular weight is 1230 g/mol. The Morgan fingerprint density at radius 1 is 0.554 bits per heavy atom. The number of carbonyl (C=O) groups excluding carboxylic acids is 3. The first kappa shape index (κ1) is 61.1. The van der Waals surface area contributed by atoms with Gasteiger partial charge in [0.1, 0.15) is 6.29 Å². The SMILES string of the molecule is Nc1cccc(C(=O)Nc2c(Br)cc(C(F)(C(F)(F)F)C(F)(F)F)cc2C(F)(F)F)c1F.O=C(Nc1c(Br)cc(C(F)(C(F)(F)F)C(F)(F)F)cc1C(F)(F)F)c1cccc(NCC2CC2)c1F.O=CCC1CC1. The molecule has 4 aromatic rings. The molecule has 31 heteroatoms. The van der Waals surface area contributed by atoms with Gasteiger partial charge in [-0.3, -0.25) is 9.59 Å². The Kier molecular flexibility index (Phi) is 18.2. The highest BCUT2D eigenvalue weighted by molar-refractivity contribution is 9.11. The Morgan fingerprint density at radius 3 is 1.24 bits per heavy atom. The predicted octanol–water partition coefficient (Wildman–Crippen LogP) is 15.7. The summed E-state index contributed by atoms with van der Waals surface area (Å²) < 4.78 is 292. The second kappa shape index (κ2) is 22.0. The van der Waals surface area contributed by atoms with Gasteiger partial charge in [-0.25, -0.2) is 17.6 Å². The van der Waals surface area contributed by atoms with Gasteiger partial charge in [0.05, 0.1) is 45.0 Å². The normalized spacial score (nSPS) is 14.8. The van der Waals surface area contributed by atoms with E-state index in [1.807, 2.05) is 0 Å². The van der Waals surface area contributed by atoms with Gasteiger partial charge in [0, 0.05) is 33.0 Å². The maximum atomic E-state index is 14.8. The van der Waals surface area contributed by atoms with Crippen molar-refractivity contribution in [3.05, 3.63) is 115 Å². The van der Waals surface area contributed by atoms with E-state index in [0.29, 0.717) is 12.5 Å². The lowest BCUT2D eigenvalue weighted by molar-refractivity contribution is -0.349. The minimum atomic E-state index is -6.68. The third-order valence-corrected chi connectivity index (χ3v) is 11.8. The summed E-state index contributed by atoms with van der Waals surface area (Å²) in [6.07, 6.45) is -31.8. The number of nitrogens with one attached hydrogen (secondary N) is 3. The number of aldehydes is 1. The Balaban J connectivity index is 0.000000289. The van der Waals surface area contributed by atoms with Gasteiger partial charge in [-0.2, -0.15) is 79.0 Å². The van der Waals surface area contributed by atoms with E-state index >= 15 is 0 Å². The highest BCUT2D eigenvalue weighted by Crippen LogP contribution is 2.57. The van der Waals surface area contributed by atoms with Crippen LogP contribution in [0.2, 0.25) is 0 Å². The van der Waals surface area contributed by atoms with Crippen molar-refractivity contribution in [1.82, 2.24) is 0 Å². The number of hydrogen-bond donors (Lipinski definition) is 4. The molecule has 2 aliphatic rings. The highest BCUT2D eigenvalue weighted by Gasteiger charge is 2.75. The molecule has 0 aliphatic heterocycles. The molecule has 0 unspecified atom stereocenters. The molecule has 7 nitrogen and oxygen atoms in total. The third kappa shape index (κ3) is 13.7. The summed E-state index contributed by atoms with van der Waals surface area (Å²) in [6, 6.07) is 4.39. The van der Waals surface area contributed by atoms with Crippen LogP contribution in [0.4, 0.5) is 119 Å². The number of halogens is 24. The molecule has 5 N–H and O–H groups in total. The van der Waals surface area contributed by atoms with Crippen molar-refractivity contribution in [3.8, 4) is 0 Å². The lowest BCUT2D eigenvalue weighted by Crippen LogP contribution is -2.50. The zero-order valence-electron chi connectivity index (χ0n) is 36.1. The van der Waals surface area contributed by atoms with Crippen LogP contribution in [0.25, 0.3) is 0 Å². The fourth-order valence-corrected chi connectivity index (χ4v) is 7.40. The van der Waals surface area contributed by atoms with Crippen molar-refractivity contribution in [3.63, 3.8) is 0 Å². The van der Waals surface area contributed by atoms with E-state index in [1.165, 1.54) is 30.3 Å². The Bertz CT molecular complexity index is 2680. The number of nitrogens with two attached hydrogens (primary N) is 1. The lowest BCUT2D eigenvalue weighted by Gasteiger charge is -2.31. The Morgan fingerprint density at radius 2 is 0.919 bits per heavy atom. The molecule has 6 rings (SSSR count). The Labute approximate surface area is 417 Å². The molecule has 408 valence electrons. The molecule has 0 heterocycles. The van der Waals surface area contributed by atoms with Crippen LogP contribution in [0.5, 0.6) is 0 Å². The molecular formula is C43H30Br2F22N4O3. The topological polar surface area (TPSA) is 113 Å². The van der Waals surface area contributed by atoms with Crippen molar-refractivity contribution in [2.45, 2.75) is 80.5 Å². The summed E-state index contributed by atoms with van der Waals surface area (Å²) in [5.41, 5.74) is -21.5. The van der Waals surface area contributed by atoms with Crippen LogP contribution < -0.4 is 21.7 Å². The van der Waals surface area contributed by atoms with Crippen molar-refractivity contribution >= 4 is 72.7 Å². The van der Waals surface area contributed by atoms with E-state index in [4.69, 9.17) is 5.73 Å². The largest absolute Gasteiger partial charge is 0.435 e. The number of carbonyl (C=O) groups is 3. The standard InChI is InChI=1S/C21H14BrF11N2O.C17H8BrF11N2O.C5H8O/c22-13-7-10(18(24,20(28,29)30)21(31,32)33)6-12(19(25,26)27)16(13)35-17(36)11-2-1-3-14(15(11)23)34-8-9-4-5-9;18-9-5-6(14(20,16(24,25)26)17(27,28)29)4-8(15(21,22)23)12(9)31-13(32)7-2-1-3-10(30)11(7)19;6-4-3-5-1-2-5/h1-3,6-7,9,34H,4-5,8H2,(H,35,36);1-5H,30H2,(H,31,32);4-5H,1-3H2. The third-order valence-electron chi connectivity index (χ3n) is 10.5. The van der Waals surface area contributed by atoms with Gasteiger partial charge in [0.15, 0.2) is 11.6 Å². The first-order valence-corrected chi connectivity index (χ1v) is 21.8. The van der Waals surface area contributed by atoms with Crippen molar-refractivity contribution in [1.29, 1.82) is 0 Å². The molecule has 0 atom stereocenters. The number of nitrogen functional groups attached to an aromatic ring is 1. The van der Waals surface area contributed by atoms with Crippen LogP contribution in [0, 0.1) is 23.5 Å². The number of anilines is 4. The van der Waals surface area contributed by atoms with E-state index in [0.717, 1.165) is 55.7 Å². The second-order valence-electron chi connectivity index (χ2n) is 16.0. The maximum absolute atomic E-state index is 14.8. The summed E-state index contributed by atoms with van der Waals surface area (Å²) >= 11 is 4.69. The molecular weight excluding hydrogens is 1200 g/mol. The molecule has 2 amide bonds. The summed E-state index contributed by atoms with van der Waals surface area (Å²) in [5, 5.41) is 5.92. The maximum Gasteiger partial charge on any atom is 0.435 e. The smallest absolute Gasteiger partial charge is 0.396 e. The van der Waals surface area contributed by atoms with Crippen molar-refractivity contribution in [2.75, 3.05) is 28.2 Å². The predicted molar refractivity (Wildman–Crippen MR) is 226 cm³/mol. The van der Waals surface area contributed by atoms with Crippen LogP contribution in [-0.4, -0.2) is 49.4 Å². The van der Waals surface area contributed by atoms with Crippen LogP contribution in [-0.2, 0) is 28.5 Å². The fourth-order valence-electron chi connectivity index (χ4n) is 6.29. The van der Waals surface area contributed by atoms with Crippen LogP contribution in [0.15, 0.2) is 69.6 Å². The fraction of sp³-hybridized carbons (Fsp3) is 0.372. The Hall–Kier alpha value is -5.49. The zero-order chi connectivity index (χ0) is 56.5. The number of benzene rings is 4. The van der Waals surface area contributed by atoms with Gasteiger partial charge in [-0.15, -0.1) is 0 Å². The molecule has 0 saturated heterocycles. The molecule has 0 aromatic heterocycles.